The van der Waals surface area contributed by atoms with Crippen molar-refractivity contribution < 1.29 is 25.4 Å². The second kappa shape index (κ2) is 7.83. The molecule has 1 aliphatic heterocycles. The molecule has 140 valence electrons. The molecule has 1 unspecified atom stereocenters. The van der Waals surface area contributed by atoms with Gasteiger partial charge in [0.05, 0.1) is 15.9 Å². The van der Waals surface area contributed by atoms with E-state index in [0.29, 0.717) is 17.7 Å². The molecule has 10 heteroatoms. The maximum atomic E-state index is 13.4. The lowest BCUT2D eigenvalue weighted by Gasteiger charge is -2.20. The highest BCUT2D eigenvalue weighted by atomic mass is 79.9. The molecular formula is C16H17BrFN3O4S. The van der Waals surface area contributed by atoms with Crippen LogP contribution >= 0.6 is 15.9 Å². The normalized spacial score (nSPS) is 23.3. The Morgan fingerprint density at radius 1 is 1.46 bits per heavy atom. The SMILES string of the molecule is [2H]C1([2H])CC(Cc2nonc2C(Cc2ccc(F)c(Br)c2)=NO)CCS1(=O)=O. The number of rotatable bonds is 5. The van der Waals surface area contributed by atoms with Crippen LogP contribution in [0.1, 0.15) is 32.5 Å². The van der Waals surface area contributed by atoms with Crippen molar-refractivity contribution in [2.75, 3.05) is 11.5 Å². The molecule has 0 amide bonds. The summed E-state index contributed by atoms with van der Waals surface area (Å²) in [4.78, 5) is 0. The molecule has 0 saturated carbocycles. The van der Waals surface area contributed by atoms with Crippen molar-refractivity contribution in [1.82, 2.24) is 10.3 Å². The molecule has 1 saturated heterocycles. The van der Waals surface area contributed by atoms with Crippen molar-refractivity contribution in [2.24, 2.45) is 11.1 Å². The zero-order chi connectivity index (χ0) is 20.5. The summed E-state index contributed by atoms with van der Waals surface area (Å²) in [7, 11) is -3.78. The lowest BCUT2D eigenvalue weighted by molar-refractivity contribution is 0.298. The van der Waals surface area contributed by atoms with Gasteiger partial charge in [-0.1, -0.05) is 16.4 Å². The highest BCUT2D eigenvalue weighted by molar-refractivity contribution is 9.10. The highest BCUT2D eigenvalue weighted by Gasteiger charge is 2.27. The minimum atomic E-state index is -3.78. The monoisotopic (exact) mass is 447 g/mol. The summed E-state index contributed by atoms with van der Waals surface area (Å²) in [6.45, 7) is 0. The summed E-state index contributed by atoms with van der Waals surface area (Å²) < 4.78 is 57.6. The van der Waals surface area contributed by atoms with Gasteiger partial charge in [0.25, 0.3) is 0 Å². The number of halogens is 2. The Hall–Kier alpha value is -1.81. The average molecular weight is 448 g/mol. The molecule has 2 aromatic rings. The molecule has 0 aliphatic carbocycles. The number of benzene rings is 1. The number of hydrogen-bond donors (Lipinski definition) is 1. The van der Waals surface area contributed by atoms with E-state index in [2.05, 4.69) is 31.4 Å². The van der Waals surface area contributed by atoms with Crippen LogP contribution in [0.25, 0.3) is 0 Å². The minimum absolute atomic E-state index is 0.135. The van der Waals surface area contributed by atoms with Gasteiger partial charge in [-0.2, -0.15) is 0 Å². The molecule has 0 bridgehead atoms. The molecule has 1 fully saturated rings. The van der Waals surface area contributed by atoms with E-state index < -0.39 is 21.4 Å². The van der Waals surface area contributed by atoms with Gasteiger partial charge in [0.2, 0.25) is 0 Å². The Bertz CT molecular complexity index is 1010. The zero-order valence-electron chi connectivity index (χ0n) is 15.5. The fraction of sp³-hybridized carbons (Fsp3) is 0.438. The molecule has 2 heterocycles. The highest BCUT2D eigenvalue weighted by Crippen LogP contribution is 2.24. The van der Waals surface area contributed by atoms with E-state index in [-0.39, 0.29) is 46.8 Å². The molecule has 1 aliphatic rings. The number of hydrogen-bond acceptors (Lipinski definition) is 7. The Morgan fingerprint density at radius 3 is 2.96 bits per heavy atom. The maximum Gasteiger partial charge on any atom is 0.156 e. The number of nitrogens with zero attached hydrogens (tertiary/aromatic N) is 3. The summed E-state index contributed by atoms with van der Waals surface area (Å²) in [6.07, 6.45) is 0.513. The first-order valence-corrected chi connectivity index (χ1v) is 10.3. The first-order valence-electron chi connectivity index (χ1n) is 8.82. The van der Waals surface area contributed by atoms with Crippen LogP contribution in [0.2, 0.25) is 0 Å². The molecule has 0 spiro atoms. The van der Waals surface area contributed by atoms with Crippen molar-refractivity contribution in [3.8, 4) is 0 Å². The standard InChI is InChI=1S/C16H17BrFN3O4S/c17-12-7-11(1-2-13(12)18)9-14(19-22)16-15(20-25-21-16)8-10-3-5-26(23,24)6-4-10/h1-2,7,10,22H,3-6,8-9H2/i5D2. The third kappa shape index (κ3) is 4.47. The van der Waals surface area contributed by atoms with E-state index in [1.54, 1.807) is 12.1 Å². The summed E-state index contributed by atoms with van der Waals surface area (Å²) >= 11 is 3.10. The van der Waals surface area contributed by atoms with E-state index in [9.17, 15) is 18.0 Å². The van der Waals surface area contributed by atoms with Gasteiger partial charge in [-0.3, -0.25) is 0 Å². The van der Waals surface area contributed by atoms with Crippen molar-refractivity contribution in [2.45, 2.75) is 25.7 Å². The van der Waals surface area contributed by atoms with Gasteiger partial charge in [0.1, 0.15) is 27.1 Å². The van der Waals surface area contributed by atoms with Crippen LogP contribution in [0.5, 0.6) is 0 Å². The van der Waals surface area contributed by atoms with Crippen LogP contribution in [-0.4, -0.2) is 41.1 Å². The number of aromatic nitrogens is 2. The summed E-state index contributed by atoms with van der Waals surface area (Å²) in [6, 6.07) is 4.37. The molecule has 1 atom stereocenters. The third-order valence-corrected chi connectivity index (χ3v) is 6.16. The largest absolute Gasteiger partial charge is 0.411 e. The van der Waals surface area contributed by atoms with Crippen molar-refractivity contribution >= 4 is 31.5 Å². The molecule has 1 aromatic heterocycles. The van der Waals surface area contributed by atoms with Crippen LogP contribution in [0, 0.1) is 11.7 Å². The summed E-state index contributed by atoms with van der Waals surface area (Å²) in [5.74, 6) is -0.934. The average Bonchev–Trinajstić information content (AvgIpc) is 3.07. The molecule has 26 heavy (non-hydrogen) atoms. The first-order chi connectivity index (χ1) is 13.1. The van der Waals surface area contributed by atoms with E-state index >= 15 is 0 Å². The number of oxime groups is 1. The molecule has 1 N–H and O–H groups in total. The number of sulfone groups is 1. The second-order valence-electron chi connectivity index (χ2n) is 6.06. The van der Waals surface area contributed by atoms with Gasteiger partial charge >= 0.3 is 0 Å². The lowest BCUT2D eigenvalue weighted by Crippen LogP contribution is -2.25. The van der Waals surface area contributed by atoms with Gasteiger partial charge in [0.15, 0.2) is 5.69 Å². The van der Waals surface area contributed by atoms with Gasteiger partial charge < -0.3 is 5.21 Å². The van der Waals surface area contributed by atoms with E-state index in [1.807, 2.05) is 0 Å². The van der Waals surface area contributed by atoms with E-state index in [0.717, 1.165) is 0 Å². The van der Waals surface area contributed by atoms with Gasteiger partial charge in [-0.15, -0.1) is 0 Å². The summed E-state index contributed by atoms with van der Waals surface area (Å²) in [5, 5.41) is 20.3. The second-order valence-corrected chi connectivity index (χ2v) is 8.84. The topological polar surface area (TPSA) is 106 Å². The minimum Gasteiger partial charge on any atom is -0.411 e. The van der Waals surface area contributed by atoms with Crippen LogP contribution in [-0.2, 0) is 22.7 Å². The Balaban J connectivity index is 1.78. The first kappa shape index (κ1) is 16.4. The molecule has 1 aromatic carbocycles. The fourth-order valence-corrected chi connectivity index (χ4v) is 4.46. The summed E-state index contributed by atoms with van der Waals surface area (Å²) in [5.41, 5.74) is -0.913. The fourth-order valence-electron chi connectivity index (χ4n) is 2.76. The third-order valence-electron chi connectivity index (χ3n) is 4.17. The predicted molar refractivity (Wildman–Crippen MR) is 95.5 cm³/mol. The van der Waals surface area contributed by atoms with Crippen LogP contribution in [0.15, 0.2) is 32.5 Å². The van der Waals surface area contributed by atoms with Gasteiger partial charge in [0, 0.05) is 9.16 Å². The van der Waals surface area contributed by atoms with Crippen molar-refractivity contribution in [3.63, 3.8) is 0 Å². The van der Waals surface area contributed by atoms with Crippen molar-refractivity contribution in [3.05, 3.63) is 45.4 Å². The lowest BCUT2D eigenvalue weighted by atomic mass is 9.94. The van der Waals surface area contributed by atoms with Crippen LogP contribution in [0.4, 0.5) is 4.39 Å². The quantitative estimate of drug-likeness (QED) is 0.429. The maximum absolute atomic E-state index is 13.4. The van der Waals surface area contributed by atoms with Crippen LogP contribution < -0.4 is 0 Å². The van der Waals surface area contributed by atoms with Gasteiger partial charge in [-0.05, 0) is 64.0 Å². The Morgan fingerprint density at radius 2 is 2.27 bits per heavy atom. The molecular weight excluding hydrogens is 429 g/mol. The predicted octanol–water partition coefficient (Wildman–Crippen LogP) is 2.76. The van der Waals surface area contributed by atoms with Gasteiger partial charge in [-0.25, -0.2) is 17.4 Å². The Labute approximate surface area is 161 Å². The Kier molecular flexibility index (Phi) is 4.93. The molecule has 0 radical (unpaired) electrons. The molecule has 7 nitrogen and oxygen atoms in total. The van der Waals surface area contributed by atoms with E-state index in [1.165, 1.54) is 6.07 Å². The molecule has 3 rings (SSSR count). The van der Waals surface area contributed by atoms with Crippen molar-refractivity contribution in [1.29, 1.82) is 0 Å². The van der Waals surface area contributed by atoms with Crippen LogP contribution in [0.3, 0.4) is 0 Å². The van der Waals surface area contributed by atoms with E-state index in [4.69, 9.17) is 7.37 Å². The smallest absolute Gasteiger partial charge is 0.156 e. The zero-order valence-corrected chi connectivity index (χ0v) is 15.9.